The summed E-state index contributed by atoms with van der Waals surface area (Å²) in [5, 5.41) is 8.14. The van der Waals surface area contributed by atoms with E-state index in [1.165, 1.54) is 10.5 Å². The number of pyridine rings is 1. The van der Waals surface area contributed by atoms with E-state index in [-0.39, 0.29) is 11.8 Å². The van der Waals surface area contributed by atoms with Crippen LogP contribution in [0.25, 0.3) is 5.65 Å². The first kappa shape index (κ1) is 20.2. The lowest BCUT2D eigenvalue weighted by Gasteiger charge is -2.32. The fourth-order valence-corrected chi connectivity index (χ4v) is 3.82. The molecule has 158 valence electrons. The van der Waals surface area contributed by atoms with Crippen LogP contribution >= 0.6 is 0 Å². The second-order valence-corrected chi connectivity index (χ2v) is 7.22. The van der Waals surface area contributed by atoms with Crippen molar-refractivity contribution in [2.75, 3.05) is 19.7 Å². The van der Waals surface area contributed by atoms with E-state index in [1.807, 2.05) is 6.92 Å². The standard InChI is InChI=1S/C21H21F3N4O2/c1-2-30-17-8-4-3-7-16(17)20(29)27-11-5-6-14(12-27)19-26-25-18-10-9-15(13-28(18)19)21(22,23)24/h3-4,7-10,13-14H,2,5-6,11-12H2,1H3. The van der Waals surface area contributed by atoms with Crippen LogP contribution in [0.5, 0.6) is 5.75 Å². The van der Waals surface area contributed by atoms with Crippen molar-refractivity contribution in [2.45, 2.75) is 31.9 Å². The van der Waals surface area contributed by atoms with Crippen LogP contribution in [0.3, 0.4) is 0 Å². The van der Waals surface area contributed by atoms with Gasteiger partial charge in [0.15, 0.2) is 5.65 Å². The maximum atomic E-state index is 13.1. The topological polar surface area (TPSA) is 59.7 Å². The number of hydrogen-bond acceptors (Lipinski definition) is 4. The van der Waals surface area contributed by atoms with Gasteiger partial charge in [-0.3, -0.25) is 9.20 Å². The molecule has 2 aromatic heterocycles. The van der Waals surface area contributed by atoms with E-state index in [0.29, 0.717) is 48.9 Å². The highest BCUT2D eigenvalue weighted by Gasteiger charge is 2.33. The van der Waals surface area contributed by atoms with Crippen LogP contribution in [0.4, 0.5) is 13.2 Å². The molecule has 1 aliphatic heterocycles. The summed E-state index contributed by atoms with van der Waals surface area (Å²) in [7, 11) is 0. The third-order valence-electron chi connectivity index (χ3n) is 5.25. The van der Waals surface area contributed by atoms with Gasteiger partial charge in [0.2, 0.25) is 0 Å². The number of alkyl halides is 3. The molecular formula is C21H21F3N4O2. The van der Waals surface area contributed by atoms with Crippen molar-refractivity contribution in [1.29, 1.82) is 0 Å². The fraction of sp³-hybridized carbons (Fsp3) is 0.381. The molecule has 1 amide bonds. The number of likely N-dealkylation sites (tertiary alicyclic amines) is 1. The molecule has 1 atom stereocenters. The normalized spacial score (nSPS) is 17.3. The predicted molar refractivity (Wildman–Crippen MR) is 103 cm³/mol. The minimum atomic E-state index is -4.45. The monoisotopic (exact) mass is 418 g/mol. The molecule has 0 N–H and O–H groups in total. The highest BCUT2D eigenvalue weighted by Crippen LogP contribution is 2.32. The molecule has 0 bridgehead atoms. The van der Waals surface area contributed by atoms with Gasteiger partial charge in [0.1, 0.15) is 11.6 Å². The van der Waals surface area contributed by atoms with Crippen molar-refractivity contribution in [3.05, 3.63) is 59.5 Å². The third kappa shape index (κ3) is 3.83. The molecule has 1 saturated heterocycles. The molecule has 0 aliphatic carbocycles. The van der Waals surface area contributed by atoms with E-state index < -0.39 is 11.7 Å². The SMILES string of the molecule is CCOc1ccccc1C(=O)N1CCCC(c2nnc3ccc(C(F)(F)F)cn23)C1. The smallest absolute Gasteiger partial charge is 0.417 e. The minimum Gasteiger partial charge on any atom is -0.493 e. The van der Waals surface area contributed by atoms with Crippen molar-refractivity contribution in [3.8, 4) is 5.75 Å². The molecule has 9 heteroatoms. The lowest BCUT2D eigenvalue weighted by Crippen LogP contribution is -2.39. The molecule has 3 aromatic rings. The number of rotatable bonds is 4. The summed E-state index contributed by atoms with van der Waals surface area (Å²) < 4.78 is 46.4. The van der Waals surface area contributed by atoms with E-state index in [4.69, 9.17) is 4.74 Å². The number of carbonyl (C=O) groups excluding carboxylic acids is 1. The Labute approximate surface area is 171 Å². The van der Waals surface area contributed by atoms with Crippen LogP contribution in [0.2, 0.25) is 0 Å². The first-order valence-corrected chi connectivity index (χ1v) is 9.81. The lowest BCUT2D eigenvalue weighted by molar-refractivity contribution is -0.137. The Morgan fingerprint density at radius 3 is 2.77 bits per heavy atom. The Kier molecular flexibility index (Phi) is 5.36. The number of aromatic nitrogens is 3. The predicted octanol–water partition coefficient (Wildman–Crippen LogP) is 4.17. The van der Waals surface area contributed by atoms with E-state index in [9.17, 15) is 18.0 Å². The minimum absolute atomic E-state index is 0.159. The zero-order chi connectivity index (χ0) is 21.3. The molecule has 4 rings (SSSR count). The Balaban J connectivity index is 1.61. The average molecular weight is 418 g/mol. The van der Waals surface area contributed by atoms with Crippen molar-refractivity contribution in [2.24, 2.45) is 0 Å². The van der Waals surface area contributed by atoms with Gasteiger partial charge in [-0.2, -0.15) is 13.2 Å². The zero-order valence-corrected chi connectivity index (χ0v) is 16.4. The first-order chi connectivity index (χ1) is 14.4. The van der Waals surface area contributed by atoms with Gasteiger partial charge in [-0.15, -0.1) is 10.2 Å². The summed E-state index contributed by atoms with van der Waals surface area (Å²) >= 11 is 0. The second-order valence-electron chi connectivity index (χ2n) is 7.22. The Hall–Kier alpha value is -3.10. The molecule has 1 aliphatic rings. The Morgan fingerprint density at radius 1 is 1.20 bits per heavy atom. The van der Waals surface area contributed by atoms with Crippen molar-refractivity contribution in [1.82, 2.24) is 19.5 Å². The molecule has 0 saturated carbocycles. The number of halogens is 3. The summed E-state index contributed by atoms with van der Waals surface area (Å²) in [6.07, 6.45) is -1.99. The number of para-hydroxylation sites is 1. The maximum Gasteiger partial charge on any atom is 0.417 e. The molecule has 1 unspecified atom stereocenters. The van der Waals surface area contributed by atoms with Crippen LogP contribution in [0, 0.1) is 0 Å². The van der Waals surface area contributed by atoms with Crippen molar-refractivity contribution < 1.29 is 22.7 Å². The van der Waals surface area contributed by atoms with Gasteiger partial charge in [0.25, 0.3) is 5.91 Å². The van der Waals surface area contributed by atoms with Gasteiger partial charge >= 0.3 is 6.18 Å². The van der Waals surface area contributed by atoms with Crippen molar-refractivity contribution in [3.63, 3.8) is 0 Å². The summed E-state index contributed by atoms with van der Waals surface area (Å²) in [4.78, 5) is 14.8. The van der Waals surface area contributed by atoms with Gasteiger partial charge in [0.05, 0.1) is 17.7 Å². The number of hydrogen-bond donors (Lipinski definition) is 0. The van der Waals surface area contributed by atoms with Gasteiger partial charge in [-0.25, -0.2) is 0 Å². The van der Waals surface area contributed by atoms with Gasteiger partial charge in [-0.1, -0.05) is 12.1 Å². The molecule has 0 radical (unpaired) electrons. The van der Waals surface area contributed by atoms with Gasteiger partial charge in [0, 0.05) is 25.2 Å². The van der Waals surface area contributed by atoms with Crippen LogP contribution in [-0.2, 0) is 6.18 Å². The second kappa shape index (κ2) is 7.97. The van der Waals surface area contributed by atoms with Crippen LogP contribution in [0.1, 0.15) is 47.4 Å². The zero-order valence-electron chi connectivity index (χ0n) is 16.4. The van der Waals surface area contributed by atoms with E-state index >= 15 is 0 Å². The van der Waals surface area contributed by atoms with Gasteiger partial charge in [-0.05, 0) is 44.0 Å². The van der Waals surface area contributed by atoms with Crippen molar-refractivity contribution >= 4 is 11.6 Å². The molecule has 6 nitrogen and oxygen atoms in total. The molecule has 30 heavy (non-hydrogen) atoms. The molecular weight excluding hydrogens is 397 g/mol. The van der Waals surface area contributed by atoms with Crippen LogP contribution < -0.4 is 4.74 Å². The summed E-state index contributed by atoms with van der Waals surface area (Å²) in [5.41, 5.74) is 0.0686. The van der Waals surface area contributed by atoms with E-state index in [0.717, 1.165) is 18.7 Å². The van der Waals surface area contributed by atoms with E-state index in [2.05, 4.69) is 10.2 Å². The number of fused-ring (bicyclic) bond motifs is 1. The number of nitrogens with zero attached hydrogens (tertiary/aromatic N) is 4. The molecule has 1 fully saturated rings. The fourth-order valence-electron chi connectivity index (χ4n) is 3.82. The Morgan fingerprint density at radius 2 is 2.00 bits per heavy atom. The maximum absolute atomic E-state index is 13.1. The summed E-state index contributed by atoms with van der Waals surface area (Å²) in [5.74, 6) is 0.593. The number of piperidine rings is 1. The number of carbonyl (C=O) groups is 1. The third-order valence-corrected chi connectivity index (χ3v) is 5.25. The van der Waals surface area contributed by atoms with Gasteiger partial charge < -0.3 is 9.64 Å². The molecule has 3 heterocycles. The van der Waals surface area contributed by atoms with E-state index in [1.54, 1.807) is 29.2 Å². The molecule has 1 aromatic carbocycles. The summed E-state index contributed by atoms with van der Waals surface area (Å²) in [6, 6.07) is 9.36. The summed E-state index contributed by atoms with van der Waals surface area (Å²) in [6.45, 7) is 3.22. The molecule has 0 spiro atoms. The van der Waals surface area contributed by atoms with Crippen LogP contribution in [0.15, 0.2) is 42.6 Å². The quantitative estimate of drug-likeness (QED) is 0.638. The number of ether oxygens (including phenoxy) is 1. The van der Waals surface area contributed by atoms with Crippen LogP contribution in [-0.4, -0.2) is 45.1 Å². The highest BCUT2D eigenvalue weighted by atomic mass is 19.4. The average Bonchev–Trinajstić information content (AvgIpc) is 3.17. The number of benzene rings is 1. The largest absolute Gasteiger partial charge is 0.493 e. The lowest BCUT2D eigenvalue weighted by atomic mass is 9.96. The highest BCUT2D eigenvalue weighted by molar-refractivity contribution is 5.97. The Bertz CT molecular complexity index is 1060. The first-order valence-electron chi connectivity index (χ1n) is 9.81. The number of amides is 1.